The van der Waals surface area contributed by atoms with Crippen LogP contribution in [0.3, 0.4) is 0 Å². The zero-order valence-electron chi connectivity index (χ0n) is 14.3. The van der Waals surface area contributed by atoms with Crippen molar-refractivity contribution in [3.63, 3.8) is 0 Å². The SMILES string of the molecule is CC1=C(c2ccc(C)c(C)c2)S(=O)(=O)NC1=NCc1ccc(F)cc1. The maximum Gasteiger partial charge on any atom is 0.264 e. The molecule has 2 aromatic carbocycles. The van der Waals surface area contributed by atoms with Crippen LogP contribution in [0.2, 0.25) is 0 Å². The molecule has 0 saturated heterocycles. The van der Waals surface area contributed by atoms with Gasteiger partial charge in [0.25, 0.3) is 10.0 Å². The molecule has 6 heteroatoms. The van der Waals surface area contributed by atoms with Gasteiger partial charge in [0.2, 0.25) is 0 Å². The fourth-order valence-corrected chi connectivity index (χ4v) is 4.24. The second kappa shape index (κ2) is 6.44. The van der Waals surface area contributed by atoms with E-state index in [1.807, 2.05) is 32.0 Å². The number of sulfonamides is 1. The summed E-state index contributed by atoms with van der Waals surface area (Å²) in [5.74, 6) is 0.0172. The van der Waals surface area contributed by atoms with Crippen LogP contribution in [-0.2, 0) is 16.6 Å². The van der Waals surface area contributed by atoms with Crippen LogP contribution in [0.5, 0.6) is 0 Å². The minimum Gasteiger partial charge on any atom is -0.263 e. The number of hydrogen-bond donors (Lipinski definition) is 1. The molecular weight excluding hydrogens is 339 g/mol. The summed E-state index contributed by atoms with van der Waals surface area (Å²) in [6.07, 6.45) is 0. The third-order valence-corrected chi connectivity index (χ3v) is 5.84. The maximum absolute atomic E-state index is 13.0. The monoisotopic (exact) mass is 358 g/mol. The average Bonchev–Trinajstić information content (AvgIpc) is 2.79. The van der Waals surface area contributed by atoms with Crippen molar-refractivity contribution < 1.29 is 12.8 Å². The Kier molecular flexibility index (Phi) is 4.47. The number of benzene rings is 2. The molecule has 0 atom stereocenters. The Bertz CT molecular complexity index is 991. The highest BCUT2D eigenvalue weighted by molar-refractivity contribution is 8.00. The Balaban J connectivity index is 1.97. The molecule has 2 aromatic rings. The average molecular weight is 358 g/mol. The molecule has 1 aliphatic heterocycles. The van der Waals surface area contributed by atoms with E-state index < -0.39 is 10.0 Å². The van der Waals surface area contributed by atoms with Gasteiger partial charge in [0, 0.05) is 5.57 Å². The minimum absolute atomic E-state index is 0.258. The molecule has 0 fully saturated rings. The van der Waals surface area contributed by atoms with E-state index in [-0.39, 0.29) is 17.3 Å². The van der Waals surface area contributed by atoms with E-state index >= 15 is 0 Å². The first-order valence-corrected chi connectivity index (χ1v) is 9.37. The first-order chi connectivity index (χ1) is 11.8. The highest BCUT2D eigenvalue weighted by Crippen LogP contribution is 2.31. The van der Waals surface area contributed by atoms with Crippen LogP contribution < -0.4 is 4.72 Å². The predicted molar refractivity (Wildman–Crippen MR) is 98.1 cm³/mol. The summed E-state index contributed by atoms with van der Waals surface area (Å²) in [6.45, 7) is 5.95. The van der Waals surface area contributed by atoms with E-state index in [0.29, 0.717) is 17.0 Å². The van der Waals surface area contributed by atoms with Gasteiger partial charge in [-0.15, -0.1) is 0 Å². The van der Waals surface area contributed by atoms with Crippen LogP contribution in [0.25, 0.3) is 4.91 Å². The molecule has 0 unspecified atom stereocenters. The normalized spacial score (nSPS) is 17.8. The number of hydrogen-bond acceptors (Lipinski definition) is 3. The zero-order chi connectivity index (χ0) is 18.2. The fourth-order valence-electron chi connectivity index (χ4n) is 2.73. The molecule has 0 aromatic heterocycles. The van der Waals surface area contributed by atoms with Gasteiger partial charge in [-0.05, 0) is 55.2 Å². The molecule has 25 heavy (non-hydrogen) atoms. The summed E-state index contributed by atoms with van der Waals surface area (Å²) in [4.78, 5) is 4.62. The quantitative estimate of drug-likeness (QED) is 0.909. The van der Waals surface area contributed by atoms with Gasteiger partial charge < -0.3 is 0 Å². The van der Waals surface area contributed by atoms with Crippen molar-refractivity contribution in [2.45, 2.75) is 27.3 Å². The number of aryl methyl sites for hydroxylation is 2. The Morgan fingerprint density at radius 1 is 1.00 bits per heavy atom. The standard InChI is InChI=1S/C19H19FN2O2S/c1-12-4-7-16(10-13(12)2)18-14(3)19(22-25(18,23)24)21-11-15-5-8-17(20)9-6-15/h4-10H,11H2,1-3H3,(H,21,22). The number of nitrogens with one attached hydrogen (secondary N) is 1. The molecule has 0 radical (unpaired) electrons. The maximum atomic E-state index is 13.0. The molecule has 0 aliphatic carbocycles. The van der Waals surface area contributed by atoms with E-state index in [1.54, 1.807) is 19.1 Å². The van der Waals surface area contributed by atoms with Crippen molar-refractivity contribution in [3.8, 4) is 0 Å². The third-order valence-electron chi connectivity index (χ3n) is 4.30. The number of halogens is 1. The molecule has 0 amide bonds. The molecule has 0 saturated carbocycles. The number of nitrogens with zero attached hydrogens (tertiary/aromatic N) is 1. The smallest absolute Gasteiger partial charge is 0.263 e. The highest BCUT2D eigenvalue weighted by atomic mass is 32.2. The Morgan fingerprint density at radius 3 is 2.32 bits per heavy atom. The highest BCUT2D eigenvalue weighted by Gasteiger charge is 2.32. The van der Waals surface area contributed by atoms with Crippen LogP contribution in [0.15, 0.2) is 53.0 Å². The van der Waals surface area contributed by atoms with Gasteiger partial charge in [-0.25, -0.2) is 12.8 Å². The predicted octanol–water partition coefficient (Wildman–Crippen LogP) is 3.71. The van der Waals surface area contributed by atoms with Gasteiger partial charge in [0.15, 0.2) is 0 Å². The van der Waals surface area contributed by atoms with E-state index in [4.69, 9.17) is 0 Å². The van der Waals surface area contributed by atoms with Crippen molar-refractivity contribution in [2.75, 3.05) is 0 Å². The van der Waals surface area contributed by atoms with Crippen molar-refractivity contribution in [3.05, 3.63) is 76.1 Å². The van der Waals surface area contributed by atoms with E-state index in [2.05, 4.69) is 9.71 Å². The first kappa shape index (κ1) is 17.4. The van der Waals surface area contributed by atoms with E-state index in [1.165, 1.54) is 12.1 Å². The largest absolute Gasteiger partial charge is 0.264 e. The lowest BCUT2D eigenvalue weighted by molar-refractivity contribution is 0.603. The van der Waals surface area contributed by atoms with Crippen molar-refractivity contribution >= 4 is 20.8 Å². The molecule has 0 bridgehead atoms. The fraction of sp³-hybridized carbons (Fsp3) is 0.211. The van der Waals surface area contributed by atoms with Gasteiger partial charge in [-0.2, -0.15) is 0 Å². The lowest BCUT2D eigenvalue weighted by atomic mass is 10.0. The Morgan fingerprint density at radius 2 is 1.68 bits per heavy atom. The first-order valence-electron chi connectivity index (χ1n) is 7.88. The summed E-state index contributed by atoms with van der Waals surface area (Å²) in [5, 5.41) is 0. The van der Waals surface area contributed by atoms with Crippen LogP contribution in [0.4, 0.5) is 4.39 Å². The molecule has 130 valence electrons. The molecule has 1 aliphatic rings. The third kappa shape index (κ3) is 3.49. The Labute approximate surface area is 147 Å². The topological polar surface area (TPSA) is 58.5 Å². The molecule has 1 heterocycles. The Hall–Kier alpha value is -2.47. The summed E-state index contributed by atoms with van der Waals surface area (Å²) in [5.41, 5.74) is 4.19. The van der Waals surface area contributed by atoms with Gasteiger partial charge in [0.05, 0.1) is 6.54 Å². The van der Waals surface area contributed by atoms with E-state index in [0.717, 1.165) is 16.7 Å². The van der Waals surface area contributed by atoms with Crippen molar-refractivity contribution in [1.82, 2.24) is 4.72 Å². The number of rotatable bonds is 3. The van der Waals surface area contributed by atoms with Crippen molar-refractivity contribution in [2.24, 2.45) is 4.99 Å². The molecule has 3 rings (SSSR count). The number of aliphatic imine (C=N–C) groups is 1. The van der Waals surface area contributed by atoms with Gasteiger partial charge >= 0.3 is 0 Å². The lowest BCUT2D eigenvalue weighted by Crippen LogP contribution is -2.23. The zero-order valence-corrected chi connectivity index (χ0v) is 15.1. The second-order valence-electron chi connectivity index (χ2n) is 6.15. The molecule has 4 nitrogen and oxygen atoms in total. The van der Waals surface area contributed by atoms with Crippen LogP contribution >= 0.6 is 0 Å². The number of amidine groups is 1. The molecule has 0 spiro atoms. The van der Waals surface area contributed by atoms with Crippen LogP contribution in [0.1, 0.15) is 29.2 Å². The van der Waals surface area contributed by atoms with E-state index in [9.17, 15) is 12.8 Å². The van der Waals surface area contributed by atoms with Crippen molar-refractivity contribution in [1.29, 1.82) is 0 Å². The second-order valence-corrected chi connectivity index (χ2v) is 7.77. The minimum atomic E-state index is -3.64. The van der Waals surface area contributed by atoms with Gasteiger partial charge in [-0.3, -0.25) is 9.71 Å². The van der Waals surface area contributed by atoms with Gasteiger partial charge in [0.1, 0.15) is 16.6 Å². The summed E-state index contributed by atoms with van der Waals surface area (Å²) < 4.78 is 40.5. The lowest BCUT2D eigenvalue weighted by Gasteiger charge is -2.06. The van der Waals surface area contributed by atoms with Crippen LogP contribution in [-0.4, -0.2) is 14.3 Å². The summed E-state index contributed by atoms with van der Waals surface area (Å²) in [7, 11) is -3.64. The van der Waals surface area contributed by atoms with Gasteiger partial charge in [-0.1, -0.05) is 30.3 Å². The summed E-state index contributed by atoms with van der Waals surface area (Å²) in [6, 6.07) is 11.6. The molecule has 1 N–H and O–H groups in total. The van der Waals surface area contributed by atoms with Crippen LogP contribution in [0, 0.1) is 19.7 Å². The summed E-state index contributed by atoms with van der Waals surface area (Å²) >= 11 is 0. The molecular formula is C19H19FN2O2S.